The SMILES string of the molecule is COc1cc(C(=O)N2C[C@H](N)C[C@@H](F)C2)cc2nc(-c3cc4ccc(-c5ccc6c(=O)[nH]c(=O)[nH]c6c5)nc4n3CC3CC3)n(C)c12. The maximum Gasteiger partial charge on any atom is 0.326 e. The summed E-state index contributed by atoms with van der Waals surface area (Å²) in [5.74, 6) is 1.39. The predicted octanol–water partition coefficient (Wildman–Crippen LogP) is 3.72. The number of benzene rings is 2. The van der Waals surface area contributed by atoms with E-state index in [4.69, 9.17) is 20.4 Å². The van der Waals surface area contributed by atoms with Gasteiger partial charge in [0, 0.05) is 42.7 Å². The number of carbonyl (C=O) groups excluding carboxylic acids is 1. The molecule has 8 rings (SSSR count). The van der Waals surface area contributed by atoms with Gasteiger partial charge in [0.1, 0.15) is 23.1 Å². The van der Waals surface area contributed by atoms with Crippen molar-refractivity contribution in [2.45, 2.75) is 38.0 Å². The second-order valence-electron chi connectivity index (χ2n) is 12.7. The zero-order valence-electron chi connectivity index (χ0n) is 25.9. The van der Waals surface area contributed by atoms with E-state index in [1.165, 1.54) is 4.90 Å². The van der Waals surface area contributed by atoms with E-state index in [1.807, 2.05) is 29.8 Å². The first-order chi connectivity index (χ1) is 22.7. The van der Waals surface area contributed by atoms with Crippen LogP contribution in [-0.2, 0) is 13.6 Å². The summed E-state index contributed by atoms with van der Waals surface area (Å²) in [6.45, 7) is 1.06. The molecule has 4 N–H and O–H groups in total. The molecule has 6 aromatic rings. The van der Waals surface area contributed by atoms with Crippen LogP contribution in [0.15, 0.2) is 58.1 Å². The summed E-state index contributed by atoms with van der Waals surface area (Å²) in [4.78, 5) is 54.2. The average Bonchev–Trinajstić information content (AvgIpc) is 3.72. The number of hydrogen-bond donors (Lipinski definition) is 3. The molecule has 1 saturated carbocycles. The van der Waals surface area contributed by atoms with Crippen LogP contribution in [0.2, 0.25) is 0 Å². The van der Waals surface area contributed by atoms with Crippen LogP contribution in [0.5, 0.6) is 5.75 Å². The van der Waals surface area contributed by atoms with Gasteiger partial charge >= 0.3 is 5.69 Å². The Kier molecular flexibility index (Phi) is 6.76. The Hall–Kier alpha value is -5.30. The third-order valence-electron chi connectivity index (χ3n) is 9.27. The number of aryl methyl sites for hydroxylation is 1. The summed E-state index contributed by atoms with van der Waals surface area (Å²) >= 11 is 0. The Morgan fingerprint density at radius 3 is 2.66 bits per heavy atom. The van der Waals surface area contributed by atoms with E-state index in [-0.39, 0.29) is 18.9 Å². The highest BCUT2D eigenvalue weighted by Gasteiger charge is 2.30. The van der Waals surface area contributed by atoms with Crippen LogP contribution in [-0.4, -0.2) is 72.3 Å². The molecule has 1 aliphatic carbocycles. The first-order valence-electron chi connectivity index (χ1n) is 15.7. The van der Waals surface area contributed by atoms with Gasteiger partial charge in [-0.15, -0.1) is 0 Å². The van der Waals surface area contributed by atoms with E-state index in [0.717, 1.165) is 47.2 Å². The smallest absolute Gasteiger partial charge is 0.326 e. The van der Waals surface area contributed by atoms with Gasteiger partial charge in [0.15, 0.2) is 5.82 Å². The molecule has 5 heterocycles. The van der Waals surface area contributed by atoms with Crippen molar-refractivity contribution in [1.82, 2.24) is 34.0 Å². The monoisotopic (exact) mass is 636 g/mol. The maximum atomic E-state index is 14.3. The van der Waals surface area contributed by atoms with E-state index in [0.29, 0.717) is 51.7 Å². The fraction of sp³-hybridized carbons (Fsp3) is 0.324. The number of fused-ring (bicyclic) bond motifs is 3. The maximum absolute atomic E-state index is 14.3. The lowest BCUT2D eigenvalue weighted by molar-refractivity contribution is 0.0606. The Morgan fingerprint density at radius 1 is 1.06 bits per heavy atom. The molecule has 1 aliphatic heterocycles. The van der Waals surface area contributed by atoms with Crippen molar-refractivity contribution in [3.8, 4) is 28.5 Å². The number of hydrogen-bond acceptors (Lipinski definition) is 7. The topological polar surface area (TPSA) is 157 Å². The highest BCUT2D eigenvalue weighted by Crippen LogP contribution is 2.38. The molecule has 2 fully saturated rings. The van der Waals surface area contributed by atoms with E-state index in [9.17, 15) is 18.8 Å². The number of likely N-dealkylation sites (tertiary alicyclic amines) is 1. The zero-order valence-corrected chi connectivity index (χ0v) is 25.9. The summed E-state index contributed by atoms with van der Waals surface area (Å²) in [6.07, 6.45) is 1.35. The van der Waals surface area contributed by atoms with Gasteiger partial charge in [-0.2, -0.15) is 0 Å². The van der Waals surface area contributed by atoms with E-state index < -0.39 is 23.5 Å². The van der Waals surface area contributed by atoms with Crippen LogP contribution in [0, 0.1) is 5.92 Å². The first kappa shape index (κ1) is 29.1. The van der Waals surface area contributed by atoms with Crippen molar-refractivity contribution < 1.29 is 13.9 Å². The normalized spacial score (nSPS) is 18.4. The van der Waals surface area contributed by atoms with Crippen LogP contribution in [0.1, 0.15) is 29.6 Å². The molecule has 12 nitrogen and oxygen atoms in total. The summed E-state index contributed by atoms with van der Waals surface area (Å²) < 4.78 is 24.2. The van der Waals surface area contributed by atoms with Crippen LogP contribution < -0.4 is 21.7 Å². The number of piperidine rings is 1. The number of amides is 1. The van der Waals surface area contributed by atoms with Crippen molar-refractivity contribution in [3.63, 3.8) is 0 Å². The lowest BCUT2D eigenvalue weighted by atomic mass is 10.0. The number of halogens is 1. The summed E-state index contributed by atoms with van der Waals surface area (Å²) in [5.41, 5.74) is 10.3. The van der Waals surface area contributed by atoms with E-state index in [1.54, 1.807) is 31.4 Å². The summed E-state index contributed by atoms with van der Waals surface area (Å²) in [6, 6.07) is 14.3. The highest BCUT2D eigenvalue weighted by molar-refractivity contribution is 6.00. The number of nitrogens with zero attached hydrogens (tertiary/aromatic N) is 5. The molecule has 0 radical (unpaired) electrons. The fourth-order valence-corrected chi connectivity index (χ4v) is 6.79. The van der Waals surface area contributed by atoms with Gasteiger partial charge in [-0.05, 0) is 67.6 Å². The summed E-state index contributed by atoms with van der Waals surface area (Å²) in [5, 5.41) is 1.33. The molecule has 4 aromatic heterocycles. The predicted molar refractivity (Wildman–Crippen MR) is 176 cm³/mol. The number of pyridine rings is 1. The Bertz CT molecular complexity index is 2340. The number of ether oxygens (including phenoxy) is 1. The van der Waals surface area contributed by atoms with Crippen molar-refractivity contribution in [2.24, 2.45) is 18.7 Å². The third kappa shape index (κ3) is 5.07. The Labute approximate surface area is 267 Å². The minimum Gasteiger partial charge on any atom is -0.494 e. The van der Waals surface area contributed by atoms with Crippen LogP contribution in [0.3, 0.4) is 0 Å². The minimum absolute atomic E-state index is 0.00599. The van der Waals surface area contributed by atoms with E-state index in [2.05, 4.69) is 20.6 Å². The molecule has 1 saturated heterocycles. The number of methoxy groups -OCH3 is 1. The van der Waals surface area contributed by atoms with Gasteiger partial charge in [0.25, 0.3) is 11.5 Å². The molecule has 0 unspecified atom stereocenters. The zero-order chi connectivity index (χ0) is 32.6. The second-order valence-corrected chi connectivity index (χ2v) is 12.7. The van der Waals surface area contributed by atoms with Gasteiger partial charge in [0.2, 0.25) is 0 Å². The number of nitrogens with two attached hydrogens (primary N) is 1. The lowest BCUT2D eigenvalue weighted by Gasteiger charge is -2.33. The number of carbonyl (C=O) groups is 1. The quantitative estimate of drug-likeness (QED) is 0.252. The molecule has 1 amide bonds. The van der Waals surface area contributed by atoms with Gasteiger partial charge < -0.3 is 29.5 Å². The minimum atomic E-state index is -1.16. The van der Waals surface area contributed by atoms with Crippen LogP contribution >= 0.6 is 0 Å². The second kappa shape index (κ2) is 10.9. The van der Waals surface area contributed by atoms with E-state index >= 15 is 0 Å². The number of imidazole rings is 1. The average molecular weight is 637 g/mol. The number of H-pyrrole nitrogens is 2. The molecule has 2 aromatic carbocycles. The summed E-state index contributed by atoms with van der Waals surface area (Å²) in [7, 11) is 3.47. The van der Waals surface area contributed by atoms with Crippen molar-refractivity contribution in [1.29, 1.82) is 0 Å². The number of nitrogens with one attached hydrogen (secondary N) is 2. The molecule has 240 valence electrons. The van der Waals surface area contributed by atoms with Gasteiger partial charge in [-0.3, -0.25) is 14.6 Å². The van der Waals surface area contributed by atoms with Gasteiger partial charge in [-0.1, -0.05) is 6.07 Å². The molecule has 13 heteroatoms. The molecular formula is C34H33FN8O4. The van der Waals surface area contributed by atoms with Gasteiger partial charge in [0.05, 0.1) is 41.5 Å². The molecule has 0 spiro atoms. The number of aromatic amines is 2. The van der Waals surface area contributed by atoms with Crippen molar-refractivity contribution in [3.05, 3.63) is 74.9 Å². The lowest BCUT2D eigenvalue weighted by Crippen LogP contribution is -2.50. The fourth-order valence-electron chi connectivity index (χ4n) is 6.79. The number of rotatable bonds is 6. The Morgan fingerprint density at radius 2 is 1.89 bits per heavy atom. The number of alkyl halides is 1. The van der Waals surface area contributed by atoms with Crippen LogP contribution in [0.25, 0.3) is 55.7 Å². The standard InChI is InChI=1S/C34H33FN8O4/c1-41-29-26(10-20(12-28(29)47-2)33(45)42-15-21(35)13-22(36)16-42)38-31(41)27-11-19-6-8-24(37-30(19)43(27)14-17-3-4-17)18-5-7-23-25(9-18)39-34(46)40-32(23)44/h5-12,17,21-22H,3-4,13-16,36H2,1-2H3,(H2,39,40,44,46)/t21-,22-/m1/s1. The van der Waals surface area contributed by atoms with Crippen LogP contribution in [0.4, 0.5) is 4.39 Å². The largest absolute Gasteiger partial charge is 0.494 e. The molecule has 47 heavy (non-hydrogen) atoms. The molecular weight excluding hydrogens is 603 g/mol. The first-order valence-corrected chi connectivity index (χ1v) is 15.7. The molecule has 0 bridgehead atoms. The van der Waals surface area contributed by atoms with Crippen molar-refractivity contribution >= 4 is 38.9 Å². The van der Waals surface area contributed by atoms with Gasteiger partial charge in [-0.25, -0.2) is 19.2 Å². The molecule has 2 aliphatic rings. The highest BCUT2D eigenvalue weighted by atomic mass is 19.1. The Balaban J connectivity index is 1.24. The molecule has 2 atom stereocenters. The van der Waals surface area contributed by atoms with Crippen molar-refractivity contribution in [2.75, 3.05) is 20.2 Å². The number of aromatic nitrogens is 6. The third-order valence-corrected chi connectivity index (χ3v) is 9.27.